The highest BCUT2D eigenvalue weighted by Crippen LogP contribution is 2.30. The molecule has 2 rings (SSSR count). The van der Waals surface area contributed by atoms with Gasteiger partial charge in [-0.3, -0.25) is 4.79 Å². The Labute approximate surface area is 101 Å². The van der Waals surface area contributed by atoms with Crippen molar-refractivity contribution in [2.75, 3.05) is 23.7 Å². The summed E-state index contributed by atoms with van der Waals surface area (Å²) in [7, 11) is 0. The Morgan fingerprint density at radius 1 is 1.53 bits per heavy atom. The number of piperazine rings is 1. The first-order valence-corrected chi connectivity index (χ1v) is 5.71. The van der Waals surface area contributed by atoms with Gasteiger partial charge in [-0.25, -0.2) is 4.98 Å². The van der Waals surface area contributed by atoms with Crippen LogP contribution in [0.5, 0.6) is 0 Å². The third-order valence-corrected chi connectivity index (χ3v) is 3.29. The third-order valence-electron chi connectivity index (χ3n) is 3.29. The van der Waals surface area contributed by atoms with Crippen LogP contribution in [0.4, 0.5) is 11.5 Å². The van der Waals surface area contributed by atoms with E-state index in [4.69, 9.17) is 5.73 Å². The number of aryl methyl sites for hydroxylation is 1. The second-order valence-corrected chi connectivity index (χ2v) is 4.83. The van der Waals surface area contributed by atoms with Gasteiger partial charge < -0.3 is 16.0 Å². The minimum atomic E-state index is -0.618. The molecule has 1 saturated heterocycles. The van der Waals surface area contributed by atoms with E-state index >= 15 is 0 Å². The van der Waals surface area contributed by atoms with Crippen LogP contribution in [0.15, 0.2) is 12.3 Å². The van der Waals surface area contributed by atoms with Crippen LogP contribution in [-0.4, -0.2) is 29.5 Å². The first kappa shape index (κ1) is 11.7. The highest BCUT2D eigenvalue weighted by Gasteiger charge is 2.39. The minimum Gasteiger partial charge on any atom is -0.396 e. The molecular weight excluding hydrogens is 216 g/mol. The van der Waals surface area contributed by atoms with E-state index in [0.29, 0.717) is 18.1 Å². The molecule has 0 aromatic carbocycles. The summed E-state index contributed by atoms with van der Waals surface area (Å²) in [5, 5.41) is 2.86. The van der Waals surface area contributed by atoms with Gasteiger partial charge in [0.1, 0.15) is 5.54 Å². The number of rotatable bonds is 1. The molecule has 92 valence electrons. The molecule has 0 unspecified atom stereocenters. The molecule has 1 fully saturated rings. The average molecular weight is 234 g/mol. The van der Waals surface area contributed by atoms with Gasteiger partial charge >= 0.3 is 0 Å². The van der Waals surface area contributed by atoms with Crippen molar-refractivity contribution in [1.29, 1.82) is 0 Å². The largest absolute Gasteiger partial charge is 0.396 e. The van der Waals surface area contributed by atoms with Crippen molar-refractivity contribution in [1.82, 2.24) is 10.3 Å². The second kappa shape index (κ2) is 3.91. The van der Waals surface area contributed by atoms with E-state index in [1.54, 1.807) is 6.20 Å². The van der Waals surface area contributed by atoms with Crippen LogP contribution in [0, 0.1) is 6.92 Å². The zero-order valence-corrected chi connectivity index (χ0v) is 10.4. The minimum absolute atomic E-state index is 0.00598. The molecule has 0 atom stereocenters. The van der Waals surface area contributed by atoms with Gasteiger partial charge in [0.2, 0.25) is 5.91 Å². The maximum atomic E-state index is 11.9. The standard InChI is InChI=1S/C12H18N4O/c1-8-4-5-14-10(9(8)13)16-7-6-15-11(17)12(16,2)3/h4-5H,6-7,13H2,1-3H3,(H,15,17). The van der Waals surface area contributed by atoms with Crippen LogP contribution in [0.25, 0.3) is 0 Å². The van der Waals surface area contributed by atoms with Crippen molar-refractivity contribution >= 4 is 17.4 Å². The SMILES string of the molecule is Cc1ccnc(N2CCNC(=O)C2(C)C)c1N. The lowest BCUT2D eigenvalue weighted by molar-refractivity contribution is -0.126. The Bertz CT molecular complexity index is 456. The van der Waals surface area contributed by atoms with E-state index in [-0.39, 0.29) is 5.91 Å². The Hall–Kier alpha value is -1.78. The summed E-state index contributed by atoms with van der Waals surface area (Å²) in [6, 6.07) is 1.87. The molecule has 1 aliphatic heterocycles. The number of nitrogens with one attached hydrogen (secondary N) is 1. The van der Waals surface area contributed by atoms with E-state index in [1.165, 1.54) is 0 Å². The summed E-state index contributed by atoms with van der Waals surface area (Å²) in [5.41, 5.74) is 7.06. The number of aromatic nitrogens is 1. The van der Waals surface area contributed by atoms with E-state index in [2.05, 4.69) is 10.3 Å². The number of nitrogens with two attached hydrogens (primary N) is 1. The molecule has 1 aliphatic rings. The topological polar surface area (TPSA) is 71.2 Å². The first-order valence-electron chi connectivity index (χ1n) is 5.71. The molecule has 0 bridgehead atoms. The van der Waals surface area contributed by atoms with Crippen LogP contribution in [0.3, 0.4) is 0 Å². The fourth-order valence-electron chi connectivity index (χ4n) is 2.04. The van der Waals surface area contributed by atoms with Gasteiger partial charge in [-0.2, -0.15) is 0 Å². The Morgan fingerprint density at radius 2 is 2.24 bits per heavy atom. The Balaban J connectivity index is 2.45. The number of hydrogen-bond acceptors (Lipinski definition) is 4. The van der Waals surface area contributed by atoms with Gasteiger partial charge in [0.25, 0.3) is 0 Å². The molecule has 17 heavy (non-hydrogen) atoms. The lowest BCUT2D eigenvalue weighted by atomic mass is 9.98. The summed E-state index contributed by atoms with van der Waals surface area (Å²) >= 11 is 0. The fourth-order valence-corrected chi connectivity index (χ4v) is 2.04. The van der Waals surface area contributed by atoms with E-state index in [0.717, 1.165) is 12.1 Å². The molecule has 1 aromatic heterocycles. The number of amides is 1. The number of pyridine rings is 1. The van der Waals surface area contributed by atoms with E-state index in [9.17, 15) is 4.79 Å². The predicted octanol–water partition coefficient (Wildman–Crippen LogP) is 0.687. The molecular formula is C12H18N4O. The van der Waals surface area contributed by atoms with Crippen LogP contribution in [0.2, 0.25) is 0 Å². The van der Waals surface area contributed by atoms with Gasteiger partial charge in [-0.1, -0.05) is 0 Å². The molecule has 2 heterocycles. The van der Waals surface area contributed by atoms with Gasteiger partial charge in [0.15, 0.2) is 5.82 Å². The highest BCUT2D eigenvalue weighted by molar-refractivity contribution is 5.91. The van der Waals surface area contributed by atoms with Crippen molar-refractivity contribution in [2.45, 2.75) is 26.3 Å². The van der Waals surface area contributed by atoms with Crippen LogP contribution >= 0.6 is 0 Å². The summed E-state index contributed by atoms with van der Waals surface area (Å²) < 4.78 is 0. The third kappa shape index (κ3) is 1.81. The number of nitrogens with zero attached hydrogens (tertiary/aromatic N) is 2. The summed E-state index contributed by atoms with van der Waals surface area (Å²) in [4.78, 5) is 18.2. The number of carbonyl (C=O) groups excluding carboxylic acids is 1. The van der Waals surface area contributed by atoms with Gasteiger partial charge in [0, 0.05) is 19.3 Å². The van der Waals surface area contributed by atoms with Crippen molar-refractivity contribution in [3.63, 3.8) is 0 Å². The molecule has 0 radical (unpaired) electrons. The Morgan fingerprint density at radius 3 is 2.94 bits per heavy atom. The zero-order valence-electron chi connectivity index (χ0n) is 10.4. The smallest absolute Gasteiger partial charge is 0.245 e. The number of carbonyl (C=O) groups is 1. The predicted molar refractivity (Wildman–Crippen MR) is 67.8 cm³/mol. The molecule has 1 amide bonds. The zero-order chi connectivity index (χ0) is 12.6. The van der Waals surface area contributed by atoms with Gasteiger partial charge in [-0.15, -0.1) is 0 Å². The highest BCUT2D eigenvalue weighted by atomic mass is 16.2. The van der Waals surface area contributed by atoms with Crippen molar-refractivity contribution < 1.29 is 4.79 Å². The quantitative estimate of drug-likeness (QED) is 0.750. The van der Waals surface area contributed by atoms with E-state index in [1.807, 2.05) is 31.7 Å². The monoisotopic (exact) mass is 234 g/mol. The average Bonchev–Trinajstić information content (AvgIpc) is 2.27. The normalized spacial score (nSPS) is 19.0. The van der Waals surface area contributed by atoms with Crippen molar-refractivity contribution in [3.05, 3.63) is 17.8 Å². The van der Waals surface area contributed by atoms with Crippen molar-refractivity contribution in [2.24, 2.45) is 0 Å². The molecule has 1 aromatic rings. The first-order chi connectivity index (χ1) is 7.94. The molecule has 5 nitrogen and oxygen atoms in total. The summed E-state index contributed by atoms with van der Waals surface area (Å²) in [6.45, 7) is 7.05. The fraction of sp³-hybridized carbons (Fsp3) is 0.500. The summed E-state index contributed by atoms with van der Waals surface area (Å²) in [6.07, 6.45) is 1.73. The molecule has 5 heteroatoms. The summed E-state index contributed by atoms with van der Waals surface area (Å²) in [5.74, 6) is 0.705. The molecule has 0 aliphatic carbocycles. The molecule has 0 saturated carbocycles. The second-order valence-electron chi connectivity index (χ2n) is 4.83. The molecule has 3 N–H and O–H groups in total. The number of anilines is 2. The van der Waals surface area contributed by atoms with E-state index < -0.39 is 5.54 Å². The number of nitrogen functional groups attached to an aromatic ring is 1. The lowest BCUT2D eigenvalue weighted by Gasteiger charge is -2.42. The van der Waals surface area contributed by atoms with Crippen molar-refractivity contribution in [3.8, 4) is 0 Å². The van der Waals surface area contributed by atoms with Crippen LogP contribution in [0.1, 0.15) is 19.4 Å². The lowest BCUT2D eigenvalue weighted by Crippen LogP contribution is -2.62. The maximum absolute atomic E-state index is 11.9. The van der Waals surface area contributed by atoms with Gasteiger partial charge in [0.05, 0.1) is 5.69 Å². The van der Waals surface area contributed by atoms with Crippen LogP contribution < -0.4 is 16.0 Å². The van der Waals surface area contributed by atoms with Crippen LogP contribution in [-0.2, 0) is 4.79 Å². The number of hydrogen-bond donors (Lipinski definition) is 2. The van der Waals surface area contributed by atoms with Gasteiger partial charge in [-0.05, 0) is 32.4 Å². The maximum Gasteiger partial charge on any atom is 0.245 e. The Kier molecular flexibility index (Phi) is 2.69. The molecule has 0 spiro atoms.